The third-order valence-corrected chi connectivity index (χ3v) is 2.15. The summed E-state index contributed by atoms with van der Waals surface area (Å²) in [6, 6.07) is -0.425. The summed E-state index contributed by atoms with van der Waals surface area (Å²) in [5.74, 6) is 0. The van der Waals surface area contributed by atoms with Gasteiger partial charge in [-0.2, -0.15) is 0 Å². The Morgan fingerprint density at radius 1 is 1.21 bits per heavy atom. The van der Waals surface area contributed by atoms with Crippen LogP contribution in [0, 0.1) is 0 Å². The second kappa shape index (κ2) is 5.31. The summed E-state index contributed by atoms with van der Waals surface area (Å²) in [5, 5.41) is 7.81. The monoisotopic (exact) mass is 200 g/mol. The highest BCUT2D eigenvalue weighted by Crippen LogP contribution is 2.17. The zero-order chi connectivity index (χ0) is 10.4. The molecule has 0 heterocycles. The fourth-order valence-electron chi connectivity index (χ4n) is 1.15. The van der Waals surface area contributed by atoms with E-state index < -0.39 is 6.03 Å². The van der Waals surface area contributed by atoms with Gasteiger partial charge in [0.1, 0.15) is 0 Å². The van der Waals surface area contributed by atoms with Crippen LogP contribution in [0.1, 0.15) is 19.3 Å². The Balaban J connectivity index is 1.94. The Morgan fingerprint density at radius 3 is 2.36 bits per heavy atom. The lowest BCUT2D eigenvalue weighted by molar-refractivity contribution is 0.228. The number of amides is 4. The quantitative estimate of drug-likeness (QED) is 0.460. The molecule has 1 aliphatic carbocycles. The van der Waals surface area contributed by atoms with Crippen molar-refractivity contribution in [1.29, 1.82) is 0 Å². The number of nitrogens with one attached hydrogen (secondary N) is 3. The summed E-state index contributed by atoms with van der Waals surface area (Å²) < 4.78 is 0. The van der Waals surface area contributed by atoms with E-state index in [0.29, 0.717) is 19.1 Å². The summed E-state index contributed by atoms with van der Waals surface area (Å²) in [5.41, 5.74) is 4.84. The topological polar surface area (TPSA) is 96.2 Å². The van der Waals surface area contributed by atoms with Crippen LogP contribution < -0.4 is 21.7 Å². The fraction of sp³-hybridized carbons (Fsp3) is 0.750. The molecule has 1 rings (SSSR count). The summed E-state index contributed by atoms with van der Waals surface area (Å²) in [4.78, 5) is 21.4. The smallest absolute Gasteiger partial charge is 0.315 e. The SMILES string of the molecule is NC(=O)NCCNC(=O)NC1CCC1. The highest BCUT2D eigenvalue weighted by atomic mass is 16.2. The average molecular weight is 200 g/mol. The van der Waals surface area contributed by atoms with Crippen LogP contribution in [0.4, 0.5) is 9.59 Å². The summed E-state index contributed by atoms with van der Waals surface area (Å²) in [6.07, 6.45) is 3.31. The van der Waals surface area contributed by atoms with Crippen LogP contribution in [0.3, 0.4) is 0 Å². The van der Waals surface area contributed by atoms with Crippen molar-refractivity contribution >= 4 is 12.1 Å². The van der Waals surface area contributed by atoms with Crippen molar-refractivity contribution < 1.29 is 9.59 Å². The highest BCUT2D eigenvalue weighted by Gasteiger charge is 2.18. The van der Waals surface area contributed by atoms with Crippen LogP contribution in [0.25, 0.3) is 0 Å². The van der Waals surface area contributed by atoms with Crippen molar-refractivity contribution in [3.63, 3.8) is 0 Å². The van der Waals surface area contributed by atoms with E-state index in [1.807, 2.05) is 0 Å². The molecule has 0 atom stereocenters. The van der Waals surface area contributed by atoms with Gasteiger partial charge in [0.25, 0.3) is 0 Å². The zero-order valence-electron chi connectivity index (χ0n) is 8.01. The highest BCUT2D eigenvalue weighted by molar-refractivity contribution is 5.74. The molecule has 80 valence electrons. The molecule has 6 heteroatoms. The van der Waals surface area contributed by atoms with Gasteiger partial charge in [-0.05, 0) is 19.3 Å². The van der Waals surface area contributed by atoms with Gasteiger partial charge >= 0.3 is 12.1 Å². The van der Waals surface area contributed by atoms with Gasteiger partial charge in [0, 0.05) is 19.1 Å². The molecule has 0 spiro atoms. The van der Waals surface area contributed by atoms with E-state index in [1.165, 1.54) is 6.42 Å². The first kappa shape index (κ1) is 10.6. The first-order valence-electron chi connectivity index (χ1n) is 4.76. The maximum absolute atomic E-state index is 11.1. The number of nitrogens with two attached hydrogens (primary N) is 1. The zero-order valence-corrected chi connectivity index (χ0v) is 8.01. The lowest BCUT2D eigenvalue weighted by Crippen LogP contribution is -2.47. The Kier molecular flexibility index (Phi) is 4.03. The lowest BCUT2D eigenvalue weighted by atomic mass is 9.93. The molecule has 4 amide bonds. The Bertz CT molecular complexity index is 215. The number of hydrogen-bond acceptors (Lipinski definition) is 2. The van der Waals surface area contributed by atoms with Crippen molar-refractivity contribution in [3.8, 4) is 0 Å². The number of rotatable bonds is 4. The molecule has 0 aromatic rings. The second-order valence-corrected chi connectivity index (χ2v) is 3.32. The van der Waals surface area contributed by atoms with Crippen LogP contribution in [-0.2, 0) is 0 Å². The fourth-order valence-corrected chi connectivity index (χ4v) is 1.15. The van der Waals surface area contributed by atoms with Gasteiger partial charge in [-0.25, -0.2) is 9.59 Å². The van der Waals surface area contributed by atoms with Gasteiger partial charge in [0.2, 0.25) is 0 Å². The minimum absolute atomic E-state index is 0.180. The Labute approximate surface area is 82.6 Å². The predicted molar refractivity (Wildman–Crippen MR) is 51.8 cm³/mol. The molecule has 6 nitrogen and oxygen atoms in total. The molecule has 0 radical (unpaired) electrons. The van der Waals surface area contributed by atoms with Crippen LogP contribution in [0.15, 0.2) is 0 Å². The summed E-state index contributed by atoms with van der Waals surface area (Å²) >= 11 is 0. The lowest BCUT2D eigenvalue weighted by Gasteiger charge is -2.26. The third kappa shape index (κ3) is 3.97. The molecule has 0 bridgehead atoms. The van der Waals surface area contributed by atoms with Crippen LogP contribution in [0.2, 0.25) is 0 Å². The van der Waals surface area contributed by atoms with Gasteiger partial charge in [0.15, 0.2) is 0 Å². The molecular formula is C8H16N4O2. The first-order chi connectivity index (χ1) is 6.68. The third-order valence-electron chi connectivity index (χ3n) is 2.15. The van der Waals surface area contributed by atoms with Crippen molar-refractivity contribution in [3.05, 3.63) is 0 Å². The van der Waals surface area contributed by atoms with Gasteiger partial charge < -0.3 is 21.7 Å². The normalized spacial score (nSPS) is 15.4. The maximum atomic E-state index is 11.1. The summed E-state index contributed by atoms with van der Waals surface area (Å²) in [7, 11) is 0. The molecule has 0 saturated heterocycles. The molecule has 0 aromatic heterocycles. The molecule has 14 heavy (non-hydrogen) atoms. The Hall–Kier alpha value is -1.46. The minimum Gasteiger partial charge on any atom is -0.352 e. The van der Waals surface area contributed by atoms with Crippen LogP contribution in [-0.4, -0.2) is 31.2 Å². The number of carbonyl (C=O) groups excluding carboxylic acids is 2. The van der Waals surface area contributed by atoms with E-state index in [4.69, 9.17) is 5.73 Å². The molecule has 0 unspecified atom stereocenters. The molecule has 1 aliphatic rings. The van der Waals surface area contributed by atoms with Gasteiger partial charge in [0.05, 0.1) is 0 Å². The molecule has 0 aromatic carbocycles. The number of primary amides is 1. The molecule has 5 N–H and O–H groups in total. The van der Waals surface area contributed by atoms with Gasteiger partial charge in [-0.3, -0.25) is 0 Å². The van der Waals surface area contributed by atoms with E-state index in [1.54, 1.807) is 0 Å². The van der Waals surface area contributed by atoms with Crippen molar-refractivity contribution in [2.45, 2.75) is 25.3 Å². The van der Waals surface area contributed by atoms with E-state index in [0.717, 1.165) is 12.8 Å². The largest absolute Gasteiger partial charge is 0.352 e. The van der Waals surface area contributed by atoms with Crippen molar-refractivity contribution in [1.82, 2.24) is 16.0 Å². The Morgan fingerprint density at radius 2 is 1.86 bits per heavy atom. The van der Waals surface area contributed by atoms with Gasteiger partial charge in [-0.15, -0.1) is 0 Å². The van der Waals surface area contributed by atoms with E-state index >= 15 is 0 Å². The predicted octanol–water partition coefficient (Wildman–Crippen LogP) is -0.494. The molecular weight excluding hydrogens is 184 g/mol. The van der Waals surface area contributed by atoms with E-state index in [-0.39, 0.29) is 6.03 Å². The number of carbonyl (C=O) groups is 2. The van der Waals surface area contributed by atoms with Gasteiger partial charge in [-0.1, -0.05) is 0 Å². The van der Waals surface area contributed by atoms with E-state index in [2.05, 4.69) is 16.0 Å². The minimum atomic E-state index is -0.578. The average Bonchev–Trinajstić information content (AvgIpc) is 2.05. The van der Waals surface area contributed by atoms with Crippen LogP contribution >= 0.6 is 0 Å². The number of urea groups is 2. The van der Waals surface area contributed by atoms with Crippen molar-refractivity contribution in [2.24, 2.45) is 5.73 Å². The molecule has 1 fully saturated rings. The maximum Gasteiger partial charge on any atom is 0.315 e. The van der Waals surface area contributed by atoms with Crippen molar-refractivity contribution in [2.75, 3.05) is 13.1 Å². The second-order valence-electron chi connectivity index (χ2n) is 3.32. The first-order valence-corrected chi connectivity index (χ1v) is 4.76. The standard InChI is InChI=1S/C8H16N4O2/c9-7(13)10-4-5-11-8(14)12-6-2-1-3-6/h6H,1-5H2,(H3,9,10,13)(H2,11,12,14). The van der Waals surface area contributed by atoms with E-state index in [9.17, 15) is 9.59 Å². The number of hydrogen-bond donors (Lipinski definition) is 4. The molecule has 1 saturated carbocycles. The van der Waals surface area contributed by atoms with Crippen LogP contribution in [0.5, 0.6) is 0 Å². The summed E-state index contributed by atoms with van der Waals surface area (Å²) in [6.45, 7) is 0.745. The molecule has 0 aliphatic heterocycles.